The average Bonchev–Trinajstić information content (AvgIpc) is 2.64. The summed E-state index contributed by atoms with van der Waals surface area (Å²) in [6.07, 6.45) is 0.802. The Balaban J connectivity index is 1.65. The number of rotatable bonds is 4. The van der Waals surface area contributed by atoms with Crippen LogP contribution in [0.1, 0.15) is 10.5 Å². The van der Waals surface area contributed by atoms with E-state index in [2.05, 4.69) is 15.5 Å². The van der Waals surface area contributed by atoms with Crippen LogP contribution in [0.5, 0.6) is 0 Å². The normalized spacial score (nSPS) is 14.4. The Labute approximate surface area is 144 Å². The number of aromatic nitrogens is 2. The number of halogens is 1. The van der Waals surface area contributed by atoms with E-state index >= 15 is 0 Å². The molecule has 1 saturated heterocycles. The third-order valence-corrected chi connectivity index (χ3v) is 4.10. The number of amides is 2. The number of anilines is 2. The van der Waals surface area contributed by atoms with Crippen molar-refractivity contribution in [2.45, 2.75) is 0 Å². The Bertz CT molecular complexity index is 730. The van der Waals surface area contributed by atoms with Crippen LogP contribution in [-0.4, -0.2) is 58.5 Å². The number of nitrogens with zero attached hydrogens (tertiary/aromatic N) is 4. The monoisotopic (exact) mass is 345 g/mol. The zero-order valence-corrected chi connectivity index (χ0v) is 13.6. The van der Waals surface area contributed by atoms with E-state index in [1.807, 2.05) is 18.2 Å². The summed E-state index contributed by atoms with van der Waals surface area (Å²) in [5.74, 6) is 0.322. The third kappa shape index (κ3) is 3.62. The maximum atomic E-state index is 12.4. The Morgan fingerprint density at radius 1 is 1.08 bits per heavy atom. The molecule has 124 valence electrons. The van der Waals surface area contributed by atoms with Crippen molar-refractivity contribution in [1.82, 2.24) is 20.0 Å². The standard InChI is InChI=1S/C16H16ClN5O2/c17-12-3-1-2-4-13(12)18-15-6-5-14(19-20-15)16(24)22-9-7-21(11-23)8-10-22/h1-6,11H,7-10H2,(H,18,20). The minimum absolute atomic E-state index is 0.183. The predicted molar refractivity (Wildman–Crippen MR) is 90.3 cm³/mol. The Morgan fingerprint density at radius 3 is 2.46 bits per heavy atom. The van der Waals surface area contributed by atoms with E-state index in [1.165, 1.54) is 0 Å². The van der Waals surface area contributed by atoms with E-state index in [9.17, 15) is 9.59 Å². The first-order chi connectivity index (χ1) is 11.7. The molecule has 3 rings (SSSR count). The molecule has 1 aromatic heterocycles. The second-order valence-electron chi connectivity index (χ2n) is 5.34. The van der Waals surface area contributed by atoms with Gasteiger partial charge in [0.25, 0.3) is 5.91 Å². The zero-order valence-electron chi connectivity index (χ0n) is 12.9. The number of hydrogen-bond acceptors (Lipinski definition) is 5. The first-order valence-corrected chi connectivity index (χ1v) is 7.89. The lowest BCUT2D eigenvalue weighted by Gasteiger charge is -2.32. The fourth-order valence-electron chi connectivity index (χ4n) is 2.41. The summed E-state index contributed by atoms with van der Waals surface area (Å²) in [6, 6.07) is 10.6. The van der Waals surface area contributed by atoms with E-state index in [4.69, 9.17) is 11.6 Å². The lowest BCUT2D eigenvalue weighted by molar-refractivity contribution is -0.119. The maximum Gasteiger partial charge on any atom is 0.274 e. The summed E-state index contributed by atoms with van der Waals surface area (Å²) in [6.45, 7) is 2.07. The number of hydrogen-bond donors (Lipinski definition) is 1. The number of carbonyl (C=O) groups excluding carboxylic acids is 2. The van der Waals surface area contributed by atoms with Crippen molar-refractivity contribution in [2.75, 3.05) is 31.5 Å². The lowest BCUT2D eigenvalue weighted by Crippen LogP contribution is -2.48. The molecule has 7 nitrogen and oxygen atoms in total. The molecule has 0 saturated carbocycles. The van der Waals surface area contributed by atoms with Crippen molar-refractivity contribution in [3.63, 3.8) is 0 Å². The number of para-hydroxylation sites is 1. The molecule has 8 heteroatoms. The van der Waals surface area contributed by atoms with Crippen LogP contribution in [0.15, 0.2) is 36.4 Å². The van der Waals surface area contributed by atoms with Gasteiger partial charge in [-0.2, -0.15) is 0 Å². The Morgan fingerprint density at radius 2 is 1.83 bits per heavy atom. The minimum atomic E-state index is -0.183. The van der Waals surface area contributed by atoms with Crippen LogP contribution in [0.2, 0.25) is 5.02 Å². The average molecular weight is 346 g/mol. The molecule has 0 aliphatic carbocycles. The van der Waals surface area contributed by atoms with E-state index in [1.54, 1.807) is 28.0 Å². The van der Waals surface area contributed by atoms with E-state index in [0.29, 0.717) is 37.0 Å². The second-order valence-corrected chi connectivity index (χ2v) is 5.75. The van der Waals surface area contributed by atoms with Crippen LogP contribution >= 0.6 is 11.6 Å². The molecule has 1 aromatic carbocycles. The van der Waals surface area contributed by atoms with Gasteiger partial charge in [0, 0.05) is 26.2 Å². The summed E-state index contributed by atoms with van der Waals surface area (Å²) in [5.41, 5.74) is 0.997. The summed E-state index contributed by atoms with van der Waals surface area (Å²) >= 11 is 6.08. The summed E-state index contributed by atoms with van der Waals surface area (Å²) < 4.78 is 0. The van der Waals surface area contributed by atoms with E-state index in [-0.39, 0.29) is 11.6 Å². The third-order valence-electron chi connectivity index (χ3n) is 3.77. The van der Waals surface area contributed by atoms with E-state index < -0.39 is 0 Å². The molecule has 24 heavy (non-hydrogen) atoms. The number of benzene rings is 1. The SMILES string of the molecule is O=CN1CCN(C(=O)c2ccc(Nc3ccccc3Cl)nn2)CC1. The van der Waals surface area contributed by atoms with Gasteiger partial charge in [-0.05, 0) is 24.3 Å². The van der Waals surface area contributed by atoms with Gasteiger partial charge in [-0.1, -0.05) is 23.7 Å². The molecule has 2 aromatic rings. The van der Waals surface area contributed by atoms with Gasteiger partial charge in [-0.25, -0.2) is 0 Å². The van der Waals surface area contributed by atoms with Crippen molar-refractivity contribution in [1.29, 1.82) is 0 Å². The summed E-state index contributed by atoms with van der Waals surface area (Å²) in [7, 11) is 0. The quantitative estimate of drug-likeness (QED) is 0.855. The van der Waals surface area contributed by atoms with E-state index in [0.717, 1.165) is 12.1 Å². The second kappa shape index (κ2) is 7.27. The van der Waals surface area contributed by atoms with Crippen LogP contribution in [-0.2, 0) is 4.79 Å². The van der Waals surface area contributed by atoms with Crippen molar-refractivity contribution < 1.29 is 9.59 Å². The molecular formula is C16H16ClN5O2. The molecule has 1 N–H and O–H groups in total. The van der Waals surface area contributed by atoms with Crippen LogP contribution in [0, 0.1) is 0 Å². The fraction of sp³-hybridized carbons (Fsp3) is 0.250. The topological polar surface area (TPSA) is 78.4 Å². The molecule has 0 unspecified atom stereocenters. The maximum absolute atomic E-state index is 12.4. The van der Waals surface area contributed by atoms with Crippen molar-refractivity contribution in [3.8, 4) is 0 Å². The lowest BCUT2D eigenvalue weighted by atomic mass is 10.2. The summed E-state index contributed by atoms with van der Waals surface area (Å²) in [5, 5.41) is 11.6. The van der Waals surface area contributed by atoms with Gasteiger partial charge in [-0.3, -0.25) is 9.59 Å². The highest BCUT2D eigenvalue weighted by atomic mass is 35.5. The van der Waals surface area contributed by atoms with Crippen LogP contribution in [0.3, 0.4) is 0 Å². The van der Waals surface area contributed by atoms with Gasteiger partial charge in [0.1, 0.15) is 0 Å². The van der Waals surface area contributed by atoms with Gasteiger partial charge in [0.2, 0.25) is 6.41 Å². The van der Waals surface area contributed by atoms with Crippen molar-refractivity contribution in [2.24, 2.45) is 0 Å². The van der Waals surface area contributed by atoms with Gasteiger partial charge in [-0.15, -0.1) is 10.2 Å². The van der Waals surface area contributed by atoms with Crippen LogP contribution < -0.4 is 5.32 Å². The summed E-state index contributed by atoms with van der Waals surface area (Å²) in [4.78, 5) is 26.4. The largest absolute Gasteiger partial charge is 0.342 e. The first kappa shape index (κ1) is 16.2. The molecule has 0 atom stereocenters. The molecule has 0 bridgehead atoms. The zero-order chi connectivity index (χ0) is 16.9. The highest BCUT2D eigenvalue weighted by Gasteiger charge is 2.22. The van der Waals surface area contributed by atoms with Gasteiger partial charge in [0.15, 0.2) is 11.5 Å². The highest BCUT2D eigenvalue weighted by molar-refractivity contribution is 6.33. The van der Waals surface area contributed by atoms with Crippen LogP contribution in [0.4, 0.5) is 11.5 Å². The van der Waals surface area contributed by atoms with Gasteiger partial charge >= 0.3 is 0 Å². The molecule has 1 aliphatic rings. The highest BCUT2D eigenvalue weighted by Crippen LogP contribution is 2.23. The predicted octanol–water partition coefficient (Wildman–Crippen LogP) is 1.79. The van der Waals surface area contributed by atoms with Crippen molar-refractivity contribution in [3.05, 3.63) is 47.1 Å². The molecule has 2 amide bonds. The molecule has 0 spiro atoms. The number of nitrogens with one attached hydrogen (secondary N) is 1. The van der Waals surface area contributed by atoms with Crippen molar-refractivity contribution >= 4 is 35.4 Å². The smallest absolute Gasteiger partial charge is 0.274 e. The number of carbonyl (C=O) groups is 2. The molecule has 0 radical (unpaired) electrons. The molecule has 1 fully saturated rings. The number of piperazine rings is 1. The molecule has 1 aliphatic heterocycles. The minimum Gasteiger partial charge on any atom is -0.342 e. The van der Waals surface area contributed by atoms with Gasteiger partial charge < -0.3 is 15.1 Å². The Kier molecular flexibility index (Phi) is 4.90. The first-order valence-electron chi connectivity index (χ1n) is 7.51. The molecule has 2 heterocycles. The fourth-order valence-corrected chi connectivity index (χ4v) is 2.59. The Hall–Kier alpha value is -2.67. The van der Waals surface area contributed by atoms with Crippen LogP contribution in [0.25, 0.3) is 0 Å². The molecular weight excluding hydrogens is 330 g/mol. The van der Waals surface area contributed by atoms with Gasteiger partial charge in [0.05, 0.1) is 10.7 Å².